The van der Waals surface area contributed by atoms with Gasteiger partial charge in [-0.1, -0.05) is 36.4 Å². The molecule has 0 fully saturated rings. The molecule has 9 heteroatoms. The summed E-state index contributed by atoms with van der Waals surface area (Å²) in [6.07, 6.45) is -1.13. The molecule has 5 nitrogen and oxygen atoms in total. The van der Waals surface area contributed by atoms with Crippen molar-refractivity contribution in [3.05, 3.63) is 59.8 Å². The third-order valence-electron chi connectivity index (χ3n) is 3.67. The second-order valence-corrected chi connectivity index (χ2v) is 5.81. The number of ether oxygens (including phenoxy) is 1. The number of guanidine groups is 1. The van der Waals surface area contributed by atoms with Crippen LogP contribution >= 0.6 is 24.0 Å². The summed E-state index contributed by atoms with van der Waals surface area (Å²) in [6, 6.07) is 13.5. The van der Waals surface area contributed by atoms with Crippen molar-refractivity contribution >= 4 is 29.9 Å². The monoisotopic (exact) mass is 508 g/mol. The maximum absolute atomic E-state index is 12.3. The molecule has 2 rings (SSSR count). The summed E-state index contributed by atoms with van der Waals surface area (Å²) in [5, 5.41) is 6.24. The molecule has 0 saturated carbocycles. The van der Waals surface area contributed by atoms with E-state index >= 15 is 0 Å². The van der Waals surface area contributed by atoms with Gasteiger partial charge in [-0.15, -0.1) is 24.0 Å². The minimum absolute atomic E-state index is 0. The van der Waals surface area contributed by atoms with Crippen molar-refractivity contribution in [3.63, 3.8) is 0 Å². The molecule has 0 atom stereocenters. The highest BCUT2D eigenvalue weighted by molar-refractivity contribution is 14.0. The molecule has 0 unspecified atom stereocenters. The Balaban J connectivity index is 0.00000392. The van der Waals surface area contributed by atoms with Crippen molar-refractivity contribution in [2.24, 2.45) is 4.99 Å². The first kappa shape index (κ1) is 24.0. The van der Waals surface area contributed by atoms with Crippen molar-refractivity contribution < 1.29 is 17.9 Å². The molecule has 1 aromatic heterocycles. The SMILES string of the molecule is CN=C(NCCCc1ccccc1)NCc1cccnc1OCC(F)(F)F.I. The fraction of sp³-hybridized carbons (Fsp3) is 0.368. The van der Waals surface area contributed by atoms with Gasteiger partial charge in [-0.3, -0.25) is 4.99 Å². The van der Waals surface area contributed by atoms with Crippen molar-refractivity contribution in [2.45, 2.75) is 25.6 Å². The molecule has 154 valence electrons. The van der Waals surface area contributed by atoms with Gasteiger partial charge in [-0.25, -0.2) is 4.98 Å². The van der Waals surface area contributed by atoms with Crippen LogP contribution in [0.5, 0.6) is 5.88 Å². The van der Waals surface area contributed by atoms with Crippen LogP contribution in [0.3, 0.4) is 0 Å². The number of aromatic nitrogens is 1. The molecule has 0 aliphatic carbocycles. The van der Waals surface area contributed by atoms with Crippen LogP contribution in [0.15, 0.2) is 53.7 Å². The Morgan fingerprint density at radius 1 is 1.11 bits per heavy atom. The summed E-state index contributed by atoms with van der Waals surface area (Å²) in [5.74, 6) is 0.524. The van der Waals surface area contributed by atoms with Crippen molar-refractivity contribution in [3.8, 4) is 5.88 Å². The molecule has 0 amide bonds. The average Bonchev–Trinajstić information content (AvgIpc) is 2.66. The Kier molecular flexibility index (Phi) is 10.6. The van der Waals surface area contributed by atoms with E-state index in [0.29, 0.717) is 11.5 Å². The Morgan fingerprint density at radius 2 is 1.86 bits per heavy atom. The molecular weight excluding hydrogens is 484 g/mol. The van der Waals surface area contributed by atoms with E-state index < -0.39 is 12.8 Å². The molecule has 2 N–H and O–H groups in total. The lowest BCUT2D eigenvalue weighted by molar-refractivity contribution is -0.154. The van der Waals surface area contributed by atoms with Crippen LogP contribution in [-0.2, 0) is 13.0 Å². The lowest BCUT2D eigenvalue weighted by Crippen LogP contribution is -2.37. The topological polar surface area (TPSA) is 58.5 Å². The lowest BCUT2D eigenvalue weighted by Gasteiger charge is -2.14. The number of nitrogens with zero attached hydrogens (tertiary/aromatic N) is 2. The van der Waals surface area contributed by atoms with E-state index in [-0.39, 0.29) is 36.4 Å². The van der Waals surface area contributed by atoms with Gasteiger partial charge in [-0.2, -0.15) is 13.2 Å². The van der Waals surface area contributed by atoms with E-state index in [1.165, 1.54) is 11.8 Å². The van der Waals surface area contributed by atoms with Crippen molar-refractivity contribution in [1.29, 1.82) is 0 Å². The van der Waals surface area contributed by atoms with E-state index in [0.717, 1.165) is 19.4 Å². The van der Waals surface area contributed by atoms with Crippen LogP contribution in [-0.4, -0.2) is 37.3 Å². The zero-order chi connectivity index (χ0) is 19.5. The average molecular weight is 508 g/mol. The van der Waals surface area contributed by atoms with E-state index in [2.05, 4.69) is 32.7 Å². The van der Waals surface area contributed by atoms with Gasteiger partial charge in [0, 0.05) is 31.9 Å². The number of hydrogen-bond donors (Lipinski definition) is 2. The first-order chi connectivity index (χ1) is 13.0. The minimum atomic E-state index is -4.40. The summed E-state index contributed by atoms with van der Waals surface area (Å²) in [4.78, 5) is 7.99. The number of hydrogen-bond acceptors (Lipinski definition) is 3. The third-order valence-corrected chi connectivity index (χ3v) is 3.67. The van der Waals surface area contributed by atoms with Crippen LogP contribution in [0.2, 0.25) is 0 Å². The number of rotatable bonds is 8. The van der Waals surface area contributed by atoms with Gasteiger partial charge in [0.05, 0.1) is 0 Å². The molecule has 2 aromatic rings. The van der Waals surface area contributed by atoms with Gasteiger partial charge in [0.25, 0.3) is 0 Å². The fourth-order valence-corrected chi connectivity index (χ4v) is 2.38. The van der Waals surface area contributed by atoms with Crippen LogP contribution < -0.4 is 15.4 Å². The summed E-state index contributed by atoms with van der Waals surface area (Å²) in [6.45, 7) is -0.401. The first-order valence-corrected chi connectivity index (χ1v) is 8.60. The molecule has 0 bridgehead atoms. The number of benzene rings is 1. The fourth-order valence-electron chi connectivity index (χ4n) is 2.38. The summed E-state index contributed by atoms with van der Waals surface area (Å²) in [5.41, 5.74) is 1.79. The zero-order valence-corrected chi connectivity index (χ0v) is 17.8. The normalized spacial score (nSPS) is 11.5. The minimum Gasteiger partial charge on any atom is -0.468 e. The number of alkyl halides is 3. The molecular formula is C19H24F3IN4O. The largest absolute Gasteiger partial charge is 0.468 e. The predicted octanol–water partition coefficient (Wildman–Crippen LogP) is 3.94. The molecule has 0 aliphatic heterocycles. The van der Waals surface area contributed by atoms with E-state index in [1.54, 1.807) is 19.2 Å². The van der Waals surface area contributed by atoms with Gasteiger partial charge in [0.15, 0.2) is 12.6 Å². The first-order valence-electron chi connectivity index (χ1n) is 8.60. The molecule has 28 heavy (non-hydrogen) atoms. The van der Waals surface area contributed by atoms with Crippen molar-refractivity contribution in [2.75, 3.05) is 20.2 Å². The van der Waals surface area contributed by atoms with E-state index in [9.17, 15) is 13.2 Å². The number of nitrogens with one attached hydrogen (secondary N) is 2. The summed E-state index contributed by atoms with van der Waals surface area (Å²) >= 11 is 0. The Morgan fingerprint density at radius 3 is 2.54 bits per heavy atom. The Hall–Kier alpha value is -2.04. The predicted molar refractivity (Wildman–Crippen MR) is 114 cm³/mol. The highest BCUT2D eigenvalue weighted by atomic mass is 127. The Bertz CT molecular complexity index is 727. The van der Waals surface area contributed by atoms with Crippen molar-refractivity contribution in [1.82, 2.24) is 15.6 Å². The molecule has 1 heterocycles. The standard InChI is InChI=1S/C19H23F3N4O.HI/c1-23-18(25-12-5-9-15-7-3-2-4-8-15)26-13-16-10-6-11-24-17(16)27-14-19(20,21)22;/h2-4,6-8,10-11H,5,9,12-14H2,1H3,(H2,23,25,26);1H. The van der Waals surface area contributed by atoms with Gasteiger partial charge in [0.1, 0.15) is 0 Å². The number of aliphatic imine (C=N–C) groups is 1. The second kappa shape index (κ2) is 12.4. The number of aryl methyl sites for hydroxylation is 1. The lowest BCUT2D eigenvalue weighted by atomic mass is 10.1. The smallest absolute Gasteiger partial charge is 0.422 e. The van der Waals surface area contributed by atoms with E-state index in [1.807, 2.05) is 18.2 Å². The third kappa shape index (κ3) is 9.25. The van der Waals surface area contributed by atoms with Crippen LogP contribution in [0, 0.1) is 0 Å². The van der Waals surface area contributed by atoms with Crippen LogP contribution in [0.1, 0.15) is 17.5 Å². The second-order valence-electron chi connectivity index (χ2n) is 5.81. The zero-order valence-electron chi connectivity index (χ0n) is 15.5. The summed E-state index contributed by atoms with van der Waals surface area (Å²) < 4.78 is 41.8. The molecule has 0 saturated heterocycles. The molecule has 0 spiro atoms. The number of halogens is 4. The van der Waals surface area contributed by atoms with E-state index in [4.69, 9.17) is 4.74 Å². The highest BCUT2D eigenvalue weighted by Gasteiger charge is 2.29. The highest BCUT2D eigenvalue weighted by Crippen LogP contribution is 2.19. The number of pyridine rings is 1. The Labute approximate surface area is 179 Å². The molecule has 1 aromatic carbocycles. The van der Waals surface area contributed by atoms with Gasteiger partial charge < -0.3 is 15.4 Å². The maximum Gasteiger partial charge on any atom is 0.422 e. The van der Waals surface area contributed by atoms with Crippen LogP contribution in [0.4, 0.5) is 13.2 Å². The maximum atomic E-state index is 12.3. The quantitative estimate of drug-likeness (QED) is 0.246. The van der Waals surface area contributed by atoms with Gasteiger partial charge in [-0.05, 0) is 24.5 Å². The van der Waals surface area contributed by atoms with Gasteiger partial charge >= 0.3 is 6.18 Å². The van der Waals surface area contributed by atoms with Crippen LogP contribution in [0.25, 0.3) is 0 Å². The van der Waals surface area contributed by atoms with Gasteiger partial charge in [0.2, 0.25) is 5.88 Å². The molecule has 0 aliphatic rings. The molecule has 0 radical (unpaired) electrons. The summed E-state index contributed by atoms with van der Waals surface area (Å²) in [7, 11) is 1.64.